The second kappa shape index (κ2) is 8.64. The molecule has 0 aliphatic heterocycles. The van der Waals surface area contributed by atoms with Crippen LogP contribution in [0.2, 0.25) is 0 Å². The Morgan fingerprint density at radius 1 is 1.07 bits per heavy atom. The zero-order valence-corrected chi connectivity index (χ0v) is 16.4. The van der Waals surface area contributed by atoms with Crippen LogP contribution in [0.5, 0.6) is 0 Å². The summed E-state index contributed by atoms with van der Waals surface area (Å²) in [6.45, 7) is 0.0607. The molecule has 0 radical (unpaired) electrons. The summed E-state index contributed by atoms with van der Waals surface area (Å²) in [5.74, 6) is 0. The van der Waals surface area contributed by atoms with E-state index in [9.17, 15) is 8.78 Å². The summed E-state index contributed by atoms with van der Waals surface area (Å²) in [6, 6.07) is 6.64. The van der Waals surface area contributed by atoms with Crippen LogP contribution in [0.3, 0.4) is 0 Å². The van der Waals surface area contributed by atoms with E-state index in [2.05, 4.69) is 10.2 Å². The van der Waals surface area contributed by atoms with Gasteiger partial charge in [0.15, 0.2) is 0 Å². The zero-order chi connectivity index (χ0) is 18.3. The van der Waals surface area contributed by atoms with Crippen LogP contribution in [0, 0.1) is 0 Å². The fourth-order valence-electron chi connectivity index (χ4n) is 2.96. The number of nitrogens with zero attached hydrogens (tertiary/aromatic N) is 5. The maximum Gasteiger partial charge on any atom is 0.264 e. The number of hydrogen-bond acceptors (Lipinski definition) is 4. The number of nitrogens with two attached hydrogens (primary N) is 1. The molecule has 0 atom stereocenters. The van der Waals surface area contributed by atoms with Crippen LogP contribution in [0.25, 0.3) is 28.0 Å². The molecule has 0 amide bonds. The van der Waals surface area contributed by atoms with E-state index in [0.29, 0.717) is 22.5 Å². The Morgan fingerprint density at radius 3 is 2.50 bits per heavy atom. The first kappa shape index (κ1) is 21.7. The Bertz CT molecular complexity index is 1090. The van der Waals surface area contributed by atoms with Crippen molar-refractivity contribution in [3.05, 3.63) is 60.2 Å². The van der Waals surface area contributed by atoms with Crippen LogP contribution < -0.4 is 5.73 Å². The molecule has 0 aliphatic carbocycles. The first-order chi connectivity index (χ1) is 12.6. The van der Waals surface area contributed by atoms with Gasteiger partial charge < -0.3 is 5.73 Å². The Hall–Kier alpha value is -2.55. The predicted octanol–water partition coefficient (Wildman–Crippen LogP) is 4.04. The number of fused-ring (bicyclic) bond motifs is 1. The molecule has 148 valence electrons. The van der Waals surface area contributed by atoms with Crippen LogP contribution in [-0.2, 0) is 13.6 Å². The molecule has 0 fully saturated rings. The lowest BCUT2D eigenvalue weighted by molar-refractivity contribution is 0.150. The molecule has 2 N–H and O–H groups in total. The van der Waals surface area contributed by atoms with Crippen molar-refractivity contribution in [2.75, 3.05) is 0 Å². The van der Waals surface area contributed by atoms with E-state index in [4.69, 9.17) is 10.7 Å². The van der Waals surface area contributed by atoms with Gasteiger partial charge in [-0.3, -0.25) is 4.68 Å². The lowest BCUT2D eigenvalue weighted by atomic mass is 10.0. The molecular formula is C18H18Cl2F2N6. The number of rotatable bonds is 4. The minimum Gasteiger partial charge on any atom is -0.326 e. The number of aromatic nitrogens is 5. The Kier molecular flexibility index (Phi) is 6.71. The summed E-state index contributed by atoms with van der Waals surface area (Å²) >= 11 is 0. The standard InChI is InChI=1S/C18H16F2N6.2ClH/c1-25-9-13(8-23-25)15-10-26-16(4-5-22-26)17(24-15)11-2-3-12(7-21)14(6-11)18(19)20;;/h2-6,8-10,18H,7,21H2,1H3;2*1H. The summed E-state index contributed by atoms with van der Waals surface area (Å²) in [5, 5.41) is 8.43. The molecule has 3 aromatic heterocycles. The van der Waals surface area contributed by atoms with Crippen molar-refractivity contribution >= 4 is 30.3 Å². The number of hydrogen-bond donors (Lipinski definition) is 1. The smallest absolute Gasteiger partial charge is 0.264 e. The molecule has 0 unspecified atom stereocenters. The van der Waals surface area contributed by atoms with Gasteiger partial charge in [-0.15, -0.1) is 24.8 Å². The first-order valence-electron chi connectivity index (χ1n) is 8.01. The second-order valence-electron chi connectivity index (χ2n) is 5.96. The maximum atomic E-state index is 13.4. The lowest BCUT2D eigenvalue weighted by Crippen LogP contribution is -2.03. The topological polar surface area (TPSA) is 74.0 Å². The Balaban J connectivity index is 0.00000140. The number of halogens is 4. The van der Waals surface area contributed by atoms with Crippen LogP contribution in [0.4, 0.5) is 8.78 Å². The minimum atomic E-state index is -2.60. The van der Waals surface area contributed by atoms with Crippen LogP contribution in [-0.4, -0.2) is 24.4 Å². The molecule has 0 saturated carbocycles. The maximum absolute atomic E-state index is 13.4. The van der Waals surface area contributed by atoms with Crippen molar-refractivity contribution in [3.8, 4) is 22.5 Å². The molecule has 28 heavy (non-hydrogen) atoms. The Labute approximate surface area is 172 Å². The highest BCUT2D eigenvalue weighted by Gasteiger charge is 2.17. The van der Waals surface area contributed by atoms with E-state index >= 15 is 0 Å². The van der Waals surface area contributed by atoms with Crippen molar-refractivity contribution in [1.29, 1.82) is 0 Å². The van der Waals surface area contributed by atoms with Crippen molar-refractivity contribution in [3.63, 3.8) is 0 Å². The lowest BCUT2D eigenvalue weighted by Gasteiger charge is -2.11. The van der Waals surface area contributed by atoms with Gasteiger partial charge in [-0.05, 0) is 17.7 Å². The Morgan fingerprint density at radius 2 is 1.86 bits per heavy atom. The van der Waals surface area contributed by atoms with E-state index in [1.165, 1.54) is 6.07 Å². The van der Waals surface area contributed by atoms with Gasteiger partial charge in [0.25, 0.3) is 6.43 Å². The fourth-order valence-corrected chi connectivity index (χ4v) is 2.96. The summed E-state index contributed by atoms with van der Waals surface area (Å²) in [5.41, 5.74) is 9.32. The third kappa shape index (κ3) is 3.84. The third-order valence-corrected chi connectivity index (χ3v) is 4.26. The summed E-state index contributed by atoms with van der Waals surface area (Å²) in [4.78, 5) is 4.69. The van der Waals surface area contributed by atoms with Gasteiger partial charge in [-0.2, -0.15) is 10.2 Å². The van der Waals surface area contributed by atoms with Gasteiger partial charge >= 0.3 is 0 Å². The number of aryl methyl sites for hydroxylation is 1. The van der Waals surface area contributed by atoms with Crippen molar-refractivity contribution < 1.29 is 8.78 Å². The number of alkyl halides is 2. The summed E-state index contributed by atoms with van der Waals surface area (Å²) in [7, 11) is 1.82. The van der Waals surface area contributed by atoms with Crippen molar-refractivity contribution in [1.82, 2.24) is 24.4 Å². The van der Waals surface area contributed by atoms with Crippen LogP contribution >= 0.6 is 24.8 Å². The van der Waals surface area contributed by atoms with Gasteiger partial charge in [0.05, 0.1) is 35.5 Å². The van der Waals surface area contributed by atoms with E-state index in [-0.39, 0.29) is 36.9 Å². The van der Waals surface area contributed by atoms with Gasteiger partial charge in [0.2, 0.25) is 0 Å². The van der Waals surface area contributed by atoms with E-state index in [1.807, 2.05) is 13.2 Å². The first-order valence-corrected chi connectivity index (χ1v) is 8.01. The minimum absolute atomic E-state index is 0. The summed E-state index contributed by atoms with van der Waals surface area (Å²) in [6.07, 6.45) is 4.37. The predicted molar refractivity (Wildman–Crippen MR) is 108 cm³/mol. The van der Waals surface area contributed by atoms with Crippen LogP contribution in [0.15, 0.2) is 49.1 Å². The van der Waals surface area contributed by atoms with Gasteiger partial charge in [0.1, 0.15) is 0 Å². The second-order valence-corrected chi connectivity index (χ2v) is 5.96. The molecule has 0 saturated heterocycles. The summed E-state index contributed by atoms with van der Waals surface area (Å²) < 4.78 is 30.2. The molecule has 4 rings (SSSR count). The molecule has 10 heteroatoms. The average Bonchev–Trinajstić information content (AvgIpc) is 3.28. The van der Waals surface area contributed by atoms with Gasteiger partial charge in [0, 0.05) is 36.5 Å². The highest BCUT2D eigenvalue weighted by Crippen LogP contribution is 2.31. The van der Waals surface area contributed by atoms with Gasteiger partial charge in [-0.1, -0.05) is 12.1 Å². The third-order valence-electron chi connectivity index (χ3n) is 4.26. The zero-order valence-electron chi connectivity index (χ0n) is 14.8. The van der Waals surface area contributed by atoms with Gasteiger partial charge in [-0.25, -0.2) is 18.3 Å². The SMILES string of the molecule is Cl.Cl.Cn1cc(-c2cn3nccc3c(-c3ccc(CN)c(C(F)F)c3)n2)cn1. The highest BCUT2D eigenvalue weighted by atomic mass is 35.5. The quantitative estimate of drug-likeness (QED) is 0.534. The normalized spacial score (nSPS) is 10.8. The highest BCUT2D eigenvalue weighted by molar-refractivity contribution is 5.85. The van der Waals surface area contributed by atoms with Crippen molar-refractivity contribution in [2.45, 2.75) is 13.0 Å². The molecule has 0 spiro atoms. The van der Waals surface area contributed by atoms with E-state index < -0.39 is 6.43 Å². The average molecular weight is 427 g/mol. The monoisotopic (exact) mass is 426 g/mol. The van der Waals surface area contributed by atoms with Crippen LogP contribution in [0.1, 0.15) is 17.6 Å². The fraction of sp³-hybridized carbons (Fsp3) is 0.167. The molecule has 4 aromatic rings. The molecule has 0 aliphatic rings. The van der Waals surface area contributed by atoms with E-state index in [0.717, 1.165) is 11.1 Å². The molecule has 6 nitrogen and oxygen atoms in total. The molecular weight excluding hydrogens is 409 g/mol. The van der Waals surface area contributed by atoms with Crippen molar-refractivity contribution in [2.24, 2.45) is 12.8 Å². The molecule has 0 bridgehead atoms. The van der Waals surface area contributed by atoms with E-state index in [1.54, 1.807) is 46.0 Å². The molecule has 3 heterocycles. The molecule has 1 aromatic carbocycles. The number of benzene rings is 1. The largest absolute Gasteiger partial charge is 0.326 e.